The zero-order valence-corrected chi connectivity index (χ0v) is 25.6. The molecule has 2 fully saturated rings. The lowest BCUT2D eigenvalue weighted by Gasteiger charge is -2.38. The molecule has 3 heterocycles. The number of halogens is 2. The van der Waals surface area contributed by atoms with Gasteiger partial charge in [0.15, 0.2) is 0 Å². The Hall–Kier alpha value is -3.14. The maximum Gasteiger partial charge on any atom is 0.227 e. The van der Waals surface area contributed by atoms with E-state index < -0.39 is 55.2 Å². The van der Waals surface area contributed by atoms with Gasteiger partial charge in [-0.25, -0.2) is 14.4 Å². The molecule has 2 saturated heterocycles. The summed E-state index contributed by atoms with van der Waals surface area (Å²) in [4.78, 5) is 37.1. The third-order valence-corrected chi connectivity index (χ3v) is 8.51. The summed E-state index contributed by atoms with van der Waals surface area (Å²) in [5.41, 5.74) is 0.220. The van der Waals surface area contributed by atoms with Crippen LogP contribution in [-0.2, 0) is 16.0 Å². The van der Waals surface area contributed by atoms with Crippen LogP contribution in [0.25, 0.3) is 0 Å². The molecule has 4 atom stereocenters. The number of benzene rings is 1. The fraction of sp³-hybridized carbons (Fsp3) is 0.600. The summed E-state index contributed by atoms with van der Waals surface area (Å²) >= 11 is 5.87. The van der Waals surface area contributed by atoms with Gasteiger partial charge in [-0.1, -0.05) is 17.7 Å². The summed E-state index contributed by atoms with van der Waals surface area (Å²) in [5, 5.41) is 50.6. The Labute approximate surface area is 265 Å². The Bertz CT molecular complexity index is 1260. The third-order valence-electron chi connectivity index (χ3n) is 8.31. The maximum atomic E-state index is 14.7. The van der Waals surface area contributed by atoms with Crippen LogP contribution in [0.4, 0.5) is 10.3 Å². The molecule has 1 aromatic carbocycles. The van der Waals surface area contributed by atoms with Crippen LogP contribution in [-0.4, -0.2) is 123 Å². The molecule has 0 spiro atoms. The van der Waals surface area contributed by atoms with Crippen LogP contribution in [0, 0.1) is 17.7 Å². The van der Waals surface area contributed by atoms with E-state index in [0.29, 0.717) is 29.2 Å². The first kappa shape index (κ1) is 34.7. The molecule has 13 nitrogen and oxygen atoms in total. The molecular weight excluding hydrogens is 613 g/mol. The SMILES string of the molecule is O=C(NCC(O)C(O)C(O)C(O)CO)C1CN(C(=O)Cc2ccc(OCCCC3CCN(c4ncc(Cl)cn4)CC3)cc2F)C1. The Morgan fingerprint density at radius 3 is 2.38 bits per heavy atom. The lowest BCUT2D eigenvalue weighted by Crippen LogP contribution is -2.57. The molecule has 2 aromatic rings. The van der Waals surface area contributed by atoms with Crippen LogP contribution in [0.3, 0.4) is 0 Å². The molecule has 4 rings (SSSR count). The quantitative estimate of drug-likeness (QED) is 0.141. The van der Waals surface area contributed by atoms with Gasteiger partial charge in [0.05, 0.1) is 49.1 Å². The monoisotopic (exact) mass is 653 g/mol. The van der Waals surface area contributed by atoms with E-state index in [1.807, 2.05) is 0 Å². The van der Waals surface area contributed by atoms with Gasteiger partial charge in [-0.05, 0) is 43.2 Å². The van der Waals surface area contributed by atoms with Gasteiger partial charge in [0, 0.05) is 38.8 Å². The number of hydrogen-bond acceptors (Lipinski definition) is 11. The van der Waals surface area contributed by atoms with Crippen molar-refractivity contribution in [3.05, 3.63) is 47.0 Å². The van der Waals surface area contributed by atoms with Crippen molar-refractivity contribution in [1.82, 2.24) is 20.2 Å². The number of ether oxygens (including phenoxy) is 1. The summed E-state index contributed by atoms with van der Waals surface area (Å²) < 4.78 is 20.5. The highest BCUT2D eigenvalue weighted by molar-refractivity contribution is 6.30. The van der Waals surface area contributed by atoms with Crippen molar-refractivity contribution in [3.63, 3.8) is 0 Å². The number of nitrogens with zero attached hydrogens (tertiary/aromatic N) is 4. The molecule has 0 radical (unpaired) electrons. The van der Waals surface area contributed by atoms with E-state index in [9.17, 15) is 34.4 Å². The van der Waals surface area contributed by atoms with E-state index in [1.54, 1.807) is 18.5 Å². The topological polar surface area (TPSA) is 189 Å². The van der Waals surface area contributed by atoms with Crippen LogP contribution in [0.15, 0.2) is 30.6 Å². The van der Waals surface area contributed by atoms with Gasteiger partial charge < -0.3 is 45.4 Å². The predicted molar refractivity (Wildman–Crippen MR) is 161 cm³/mol. The zero-order chi connectivity index (χ0) is 32.5. The molecule has 2 aliphatic rings. The minimum Gasteiger partial charge on any atom is -0.493 e. The standard InChI is InChI=1S/C30H41ClFN5O8/c31-21-12-34-30(35-13-21)36-7-5-18(6-8-36)2-1-9-45-22-4-3-19(23(32)11-22)10-26(41)37-15-20(16-37)29(44)33-14-24(39)27(42)28(43)25(40)17-38/h3-4,11-13,18,20,24-25,27-28,38-40,42-43H,1-2,5-10,14-17H2,(H,33,44). The first-order valence-corrected chi connectivity index (χ1v) is 15.5. The van der Waals surface area contributed by atoms with Gasteiger partial charge in [0.1, 0.15) is 29.9 Å². The second-order valence-electron chi connectivity index (χ2n) is 11.6. The van der Waals surface area contributed by atoms with E-state index in [2.05, 4.69) is 20.2 Å². The highest BCUT2D eigenvalue weighted by atomic mass is 35.5. The largest absolute Gasteiger partial charge is 0.493 e. The number of aromatic nitrogens is 2. The number of anilines is 1. The molecule has 4 unspecified atom stereocenters. The minimum absolute atomic E-state index is 0.117. The number of carbonyl (C=O) groups is 2. The van der Waals surface area contributed by atoms with Gasteiger partial charge in [-0.2, -0.15) is 0 Å². The second-order valence-corrected chi connectivity index (χ2v) is 12.0. The van der Waals surface area contributed by atoms with Crippen LogP contribution in [0.1, 0.15) is 31.2 Å². The van der Waals surface area contributed by atoms with Gasteiger partial charge in [0.25, 0.3) is 0 Å². The van der Waals surface area contributed by atoms with Crippen molar-refractivity contribution in [2.24, 2.45) is 11.8 Å². The second kappa shape index (κ2) is 16.4. The van der Waals surface area contributed by atoms with Crippen LogP contribution < -0.4 is 15.0 Å². The van der Waals surface area contributed by atoms with Gasteiger partial charge in [0.2, 0.25) is 17.8 Å². The summed E-state index contributed by atoms with van der Waals surface area (Å²) in [6.07, 6.45) is 0.112. The van der Waals surface area contributed by atoms with Crippen molar-refractivity contribution in [2.75, 3.05) is 50.8 Å². The maximum absolute atomic E-state index is 14.7. The molecule has 1 aromatic heterocycles. The van der Waals surface area contributed by atoms with Crippen molar-refractivity contribution in [2.45, 2.75) is 56.5 Å². The van der Waals surface area contributed by atoms with E-state index in [4.69, 9.17) is 21.4 Å². The molecule has 45 heavy (non-hydrogen) atoms. The highest BCUT2D eigenvalue weighted by Gasteiger charge is 2.37. The average Bonchev–Trinajstić information content (AvgIpc) is 3.02. The molecule has 2 amide bonds. The average molecular weight is 654 g/mol. The van der Waals surface area contributed by atoms with E-state index in [-0.39, 0.29) is 31.0 Å². The summed E-state index contributed by atoms with van der Waals surface area (Å²) in [6.45, 7) is 1.23. The number of rotatable bonds is 15. The Morgan fingerprint density at radius 2 is 1.73 bits per heavy atom. The first-order valence-electron chi connectivity index (χ1n) is 15.1. The number of piperidine rings is 1. The third kappa shape index (κ3) is 9.67. The van der Waals surface area contributed by atoms with Crippen LogP contribution in [0.2, 0.25) is 5.02 Å². The lowest BCUT2D eigenvalue weighted by molar-refractivity contribution is -0.143. The summed E-state index contributed by atoms with van der Waals surface area (Å²) in [7, 11) is 0. The summed E-state index contributed by atoms with van der Waals surface area (Å²) in [6, 6.07) is 4.44. The molecule has 2 aliphatic heterocycles. The number of likely N-dealkylation sites (tertiary alicyclic amines) is 1. The van der Waals surface area contributed by atoms with E-state index >= 15 is 0 Å². The molecule has 6 N–H and O–H groups in total. The van der Waals surface area contributed by atoms with Crippen molar-refractivity contribution in [1.29, 1.82) is 0 Å². The van der Waals surface area contributed by atoms with E-state index in [1.165, 1.54) is 17.0 Å². The lowest BCUT2D eigenvalue weighted by atomic mass is 9.92. The van der Waals surface area contributed by atoms with Crippen molar-refractivity contribution < 1.29 is 44.2 Å². The summed E-state index contributed by atoms with van der Waals surface area (Å²) in [5.74, 6) is -0.238. The number of aliphatic hydroxyl groups is 5. The van der Waals surface area contributed by atoms with Gasteiger partial charge in [-0.15, -0.1) is 0 Å². The van der Waals surface area contributed by atoms with Crippen molar-refractivity contribution in [3.8, 4) is 5.75 Å². The zero-order valence-electron chi connectivity index (χ0n) is 24.8. The predicted octanol–water partition coefficient (Wildman–Crippen LogP) is -0.102. The Kier molecular flexibility index (Phi) is 12.7. The minimum atomic E-state index is -1.79. The van der Waals surface area contributed by atoms with E-state index in [0.717, 1.165) is 38.8 Å². The Morgan fingerprint density at radius 1 is 1.07 bits per heavy atom. The molecule has 0 aliphatic carbocycles. The number of hydrogen-bond donors (Lipinski definition) is 6. The van der Waals surface area contributed by atoms with Crippen molar-refractivity contribution >= 4 is 29.4 Å². The number of aliphatic hydroxyl groups excluding tert-OH is 5. The normalized spacial score (nSPS) is 18.6. The molecule has 0 saturated carbocycles. The molecular formula is C30H41ClFN5O8. The van der Waals surface area contributed by atoms with Gasteiger partial charge >= 0.3 is 0 Å². The molecule has 15 heteroatoms. The number of carbonyl (C=O) groups excluding carboxylic acids is 2. The Balaban J connectivity index is 1.10. The number of amides is 2. The van der Waals surface area contributed by atoms with Crippen LogP contribution in [0.5, 0.6) is 5.75 Å². The van der Waals surface area contributed by atoms with Gasteiger partial charge in [-0.3, -0.25) is 9.59 Å². The highest BCUT2D eigenvalue weighted by Crippen LogP contribution is 2.25. The molecule has 248 valence electrons. The number of nitrogens with one attached hydrogen (secondary N) is 1. The van der Waals surface area contributed by atoms with Crippen LogP contribution >= 0.6 is 11.6 Å². The molecule has 0 bridgehead atoms. The smallest absolute Gasteiger partial charge is 0.227 e. The fourth-order valence-electron chi connectivity index (χ4n) is 5.37. The fourth-order valence-corrected chi connectivity index (χ4v) is 5.47. The first-order chi connectivity index (χ1) is 21.5.